The van der Waals surface area contributed by atoms with Gasteiger partial charge < -0.3 is 0 Å². The second-order valence-corrected chi connectivity index (χ2v) is 7.28. The van der Waals surface area contributed by atoms with E-state index in [9.17, 15) is 0 Å². The zero-order chi connectivity index (χ0) is 15.0. The van der Waals surface area contributed by atoms with Crippen LogP contribution in [0.1, 0.15) is 21.5 Å². The van der Waals surface area contributed by atoms with Crippen LogP contribution in [0, 0.1) is 6.92 Å². The van der Waals surface area contributed by atoms with Crippen LogP contribution in [0.4, 0.5) is 0 Å². The number of alkyl halides is 1. The number of fused-ring (bicyclic) bond motifs is 1. The third-order valence-electron chi connectivity index (χ3n) is 3.69. The highest BCUT2D eigenvalue weighted by atomic mass is 79.9. The van der Waals surface area contributed by atoms with Gasteiger partial charge in [-0.15, -0.1) is 0 Å². The fourth-order valence-corrected chi connectivity index (χ4v) is 4.06. The maximum atomic E-state index is 6.31. The van der Waals surface area contributed by atoms with Gasteiger partial charge in [0.1, 0.15) is 0 Å². The lowest BCUT2D eigenvalue weighted by Crippen LogP contribution is -1.97. The molecule has 106 valence electrons. The summed E-state index contributed by atoms with van der Waals surface area (Å²) in [6.07, 6.45) is 0. The smallest absolute Gasteiger partial charge is 0.0653 e. The average Bonchev–Trinajstić information content (AvgIpc) is 2.50. The number of hydrogen-bond donors (Lipinski definition) is 0. The van der Waals surface area contributed by atoms with E-state index in [0.29, 0.717) is 0 Å². The van der Waals surface area contributed by atoms with E-state index < -0.39 is 0 Å². The summed E-state index contributed by atoms with van der Waals surface area (Å²) in [7, 11) is 0. The third kappa shape index (κ3) is 2.90. The molecule has 0 spiro atoms. The maximum absolute atomic E-state index is 6.31. The molecule has 3 heteroatoms. The predicted molar refractivity (Wildman–Crippen MR) is 98.6 cm³/mol. The van der Waals surface area contributed by atoms with E-state index in [1.807, 2.05) is 12.1 Å². The molecule has 0 bridgehead atoms. The van der Waals surface area contributed by atoms with E-state index in [1.54, 1.807) is 0 Å². The van der Waals surface area contributed by atoms with E-state index in [1.165, 1.54) is 22.1 Å². The summed E-state index contributed by atoms with van der Waals surface area (Å²) < 4.78 is 1.09. The molecule has 0 fully saturated rings. The SMILES string of the molecule is Cc1ccc(Br)cc1C(Br)c1ccc(Cl)c2ccccc12. The fourth-order valence-electron chi connectivity index (χ4n) is 2.56. The third-order valence-corrected chi connectivity index (χ3v) is 5.50. The van der Waals surface area contributed by atoms with Crippen molar-refractivity contribution in [3.63, 3.8) is 0 Å². The minimum atomic E-state index is 0.136. The van der Waals surface area contributed by atoms with Gasteiger partial charge in [-0.25, -0.2) is 0 Å². The summed E-state index contributed by atoms with van der Waals surface area (Å²) in [6, 6.07) is 18.7. The molecular formula is C18H13Br2Cl. The van der Waals surface area contributed by atoms with E-state index in [2.05, 4.69) is 81.2 Å². The van der Waals surface area contributed by atoms with Gasteiger partial charge in [0.2, 0.25) is 0 Å². The van der Waals surface area contributed by atoms with Gasteiger partial charge in [0.25, 0.3) is 0 Å². The fraction of sp³-hybridized carbons (Fsp3) is 0.111. The zero-order valence-corrected chi connectivity index (χ0v) is 15.3. The van der Waals surface area contributed by atoms with Gasteiger partial charge in [-0.05, 0) is 47.2 Å². The topological polar surface area (TPSA) is 0 Å². The van der Waals surface area contributed by atoms with Crippen LogP contribution in [0.2, 0.25) is 5.02 Å². The minimum Gasteiger partial charge on any atom is -0.0837 e. The van der Waals surface area contributed by atoms with E-state index >= 15 is 0 Å². The van der Waals surface area contributed by atoms with E-state index in [0.717, 1.165) is 14.9 Å². The van der Waals surface area contributed by atoms with Crippen molar-refractivity contribution in [2.45, 2.75) is 11.8 Å². The quantitative estimate of drug-likeness (QED) is 0.387. The van der Waals surface area contributed by atoms with Crippen molar-refractivity contribution in [3.05, 3.63) is 80.8 Å². The molecule has 0 amide bonds. The molecule has 3 aromatic carbocycles. The average molecular weight is 425 g/mol. The van der Waals surface area contributed by atoms with Crippen molar-refractivity contribution in [1.82, 2.24) is 0 Å². The molecule has 3 rings (SSSR count). The van der Waals surface area contributed by atoms with Crippen LogP contribution < -0.4 is 0 Å². The van der Waals surface area contributed by atoms with Gasteiger partial charge in [0.05, 0.1) is 4.83 Å². The number of hydrogen-bond acceptors (Lipinski definition) is 0. The van der Waals surface area contributed by atoms with Gasteiger partial charge in [-0.2, -0.15) is 0 Å². The van der Waals surface area contributed by atoms with Gasteiger partial charge in [-0.3, -0.25) is 0 Å². The summed E-state index contributed by atoms with van der Waals surface area (Å²) in [5.41, 5.74) is 3.76. The molecule has 0 radical (unpaired) electrons. The number of benzene rings is 3. The van der Waals surface area contributed by atoms with E-state index in [-0.39, 0.29) is 4.83 Å². The Bertz CT molecular complexity index is 811. The Hall–Kier alpha value is -0.830. The molecular weight excluding hydrogens is 411 g/mol. The largest absolute Gasteiger partial charge is 0.0837 e. The zero-order valence-electron chi connectivity index (χ0n) is 11.4. The first-order valence-corrected chi connectivity index (χ1v) is 8.74. The summed E-state index contributed by atoms with van der Waals surface area (Å²) in [5.74, 6) is 0. The molecule has 0 saturated carbocycles. The highest BCUT2D eigenvalue weighted by Gasteiger charge is 2.16. The van der Waals surface area contributed by atoms with Crippen LogP contribution in [-0.2, 0) is 0 Å². The lowest BCUT2D eigenvalue weighted by atomic mass is 9.96. The van der Waals surface area contributed by atoms with Crippen molar-refractivity contribution in [2.24, 2.45) is 0 Å². The molecule has 1 atom stereocenters. The maximum Gasteiger partial charge on any atom is 0.0653 e. The van der Waals surface area contributed by atoms with Crippen molar-refractivity contribution in [2.75, 3.05) is 0 Å². The second-order valence-electron chi connectivity index (χ2n) is 5.05. The highest BCUT2D eigenvalue weighted by Crippen LogP contribution is 2.39. The molecule has 0 aromatic heterocycles. The Morgan fingerprint density at radius 1 is 0.905 bits per heavy atom. The van der Waals surface area contributed by atoms with Crippen LogP contribution >= 0.6 is 43.5 Å². The van der Waals surface area contributed by atoms with Gasteiger partial charge >= 0.3 is 0 Å². The van der Waals surface area contributed by atoms with Gasteiger partial charge in [0, 0.05) is 14.9 Å². The standard InChI is InChI=1S/C18H13Br2Cl/c1-11-6-7-12(19)10-16(11)18(20)15-8-9-17(21)14-5-3-2-4-13(14)15/h2-10,18H,1H3. The predicted octanol–water partition coefficient (Wildman–Crippen LogP) is 7.05. The molecule has 0 aliphatic heterocycles. The Kier molecular flexibility index (Phi) is 4.39. The molecule has 0 N–H and O–H groups in total. The second kappa shape index (κ2) is 6.12. The molecule has 3 aromatic rings. The summed E-state index contributed by atoms with van der Waals surface area (Å²) >= 11 is 13.7. The normalized spacial score (nSPS) is 12.6. The van der Waals surface area contributed by atoms with Crippen LogP contribution in [0.3, 0.4) is 0 Å². The Balaban J connectivity index is 2.20. The van der Waals surface area contributed by atoms with Gasteiger partial charge in [0.15, 0.2) is 0 Å². The Labute approximate surface area is 146 Å². The molecule has 21 heavy (non-hydrogen) atoms. The Morgan fingerprint density at radius 3 is 2.38 bits per heavy atom. The van der Waals surface area contributed by atoms with Crippen LogP contribution in [0.15, 0.2) is 59.1 Å². The lowest BCUT2D eigenvalue weighted by Gasteiger charge is -2.17. The van der Waals surface area contributed by atoms with E-state index in [4.69, 9.17) is 11.6 Å². The lowest BCUT2D eigenvalue weighted by molar-refractivity contribution is 1.15. The Morgan fingerprint density at radius 2 is 1.62 bits per heavy atom. The first-order chi connectivity index (χ1) is 10.1. The molecule has 0 heterocycles. The molecule has 0 saturated heterocycles. The number of aryl methyl sites for hydroxylation is 1. The van der Waals surface area contributed by atoms with Crippen LogP contribution in [-0.4, -0.2) is 0 Å². The van der Waals surface area contributed by atoms with Crippen molar-refractivity contribution < 1.29 is 0 Å². The summed E-state index contributed by atoms with van der Waals surface area (Å²) in [4.78, 5) is 0.136. The summed E-state index contributed by atoms with van der Waals surface area (Å²) in [5, 5.41) is 3.07. The monoisotopic (exact) mass is 422 g/mol. The first kappa shape index (κ1) is 15.1. The number of halogens is 3. The summed E-state index contributed by atoms with van der Waals surface area (Å²) in [6.45, 7) is 2.13. The van der Waals surface area contributed by atoms with Crippen molar-refractivity contribution >= 4 is 54.2 Å². The van der Waals surface area contributed by atoms with Gasteiger partial charge in [-0.1, -0.05) is 79.9 Å². The number of rotatable bonds is 2. The van der Waals surface area contributed by atoms with Crippen molar-refractivity contribution in [3.8, 4) is 0 Å². The van der Waals surface area contributed by atoms with Crippen LogP contribution in [0.5, 0.6) is 0 Å². The van der Waals surface area contributed by atoms with Crippen LogP contribution in [0.25, 0.3) is 10.8 Å². The first-order valence-electron chi connectivity index (χ1n) is 6.65. The molecule has 1 unspecified atom stereocenters. The molecule has 0 aliphatic rings. The molecule has 0 aliphatic carbocycles. The van der Waals surface area contributed by atoms with Crippen molar-refractivity contribution in [1.29, 1.82) is 0 Å². The highest BCUT2D eigenvalue weighted by molar-refractivity contribution is 9.10. The minimum absolute atomic E-state index is 0.136. The molecule has 0 nitrogen and oxygen atoms in total.